The van der Waals surface area contributed by atoms with Gasteiger partial charge in [0.25, 0.3) is 0 Å². The second-order valence-corrected chi connectivity index (χ2v) is 4.75. The molecule has 0 unspecified atom stereocenters. The van der Waals surface area contributed by atoms with Crippen LogP contribution in [0.5, 0.6) is 0 Å². The monoisotopic (exact) mass is 267 g/mol. The van der Waals surface area contributed by atoms with Crippen LogP contribution in [-0.4, -0.2) is 17.8 Å². The average Bonchev–Trinajstić information content (AvgIpc) is 2.52. The van der Waals surface area contributed by atoms with E-state index in [1.165, 1.54) is 19.3 Å². The fourth-order valence-electron chi connectivity index (χ4n) is 1.99. The van der Waals surface area contributed by atoms with Crippen molar-refractivity contribution in [2.24, 2.45) is 0 Å². The van der Waals surface area contributed by atoms with E-state index in [1.807, 2.05) is 36.7 Å². The van der Waals surface area contributed by atoms with Gasteiger partial charge in [-0.3, -0.25) is 4.79 Å². The maximum absolute atomic E-state index is 10.5. The molecule has 0 amide bonds. The summed E-state index contributed by atoms with van der Waals surface area (Å²) in [4.78, 5) is 14.9. The maximum atomic E-state index is 10.5. The lowest BCUT2D eigenvalue weighted by molar-refractivity contribution is 0.563. The standard InChI is InChI=1S/C17H19N2O/c1-2-3-4-11-18-17-10-9-16(12-19-17)15-7-5-14(13-20)6-8-15/h5-10,12H,2-4,11H2,1H3,(H,18,19). The molecule has 1 aromatic carbocycles. The molecule has 0 saturated carbocycles. The molecule has 2 rings (SSSR count). The van der Waals surface area contributed by atoms with Crippen molar-refractivity contribution in [3.63, 3.8) is 0 Å². The van der Waals surface area contributed by atoms with Gasteiger partial charge in [0.2, 0.25) is 6.29 Å². The molecular formula is C17H19N2O. The Morgan fingerprint density at radius 2 is 1.80 bits per heavy atom. The summed E-state index contributed by atoms with van der Waals surface area (Å²) in [5.74, 6) is 0.905. The predicted molar refractivity (Wildman–Crippen MR) is 82.5 cm³/mol. The van der Waals surface area contributed by atoms with Gasteiger partial charge in [-0.05, 0) is 24.1 Å². The van der Waals surface area contributed by atoms with Gasteiger partial charge in [-0.25, -0.2) is 4.98 Å². The quantitative estimate of drug-likeness (QED) is 0.776. The fourth-order valence-corrected chi connectivity index (χ4v) is 1.99. The lowest BCUT2D eigenvalue weighted by atomic mass is 10.1. The zero-order valence-corrected chi connectivity index (χ0v) is 11.7. The Morgan fingerprint density at radius 1 is 1.05 bits per heavy atom. The number of hydrogen-bond acceptors (Lipinski definition) is 3. The van der Waals surface area contributed by atoms with Crippen molar-refractivity contribution in [2.45, 2.75) is 26.2 Å². The Hall–Kier alpha value is -2.16. The predicted octanol–water partition coefficient (Wildman–Crippen LogP) is 3.81. The van der Waals surface area contributed by atoms with Gasteiger partial charge < -0.3 is 5.32 Å². The number of aromatic nitrogens is 1. The summed E-state index contributed by atoms with van der Waals surface area (Å²) in [6, 6.07) is 11.4. The number of anilines is 1. The highest BCUT2D eigenvalue weighted by Crippen LogP contribution is 2.19. The molecule has 0 atom stereocenters. The van der Waals surface area contributed by atoms with Gasteiger partial charge >= 0.3 is 0 Å². The van der Waals surface area contributed by atoms with Crippen LogP contribution in [-0.2, 0) is 4.79 Å². The van der Waals surface area contributed by atoms with Crippen LogP contribution >= 0.6 is 0 Å². The molecule has 1 N–H and O–H groups in total. The number of hydrogen-bond donors (Lipinski definition) is 1. The first-order valence-corrected chi connectivity index (χ1v) is 7.02. The van der Waals surface area contributed by atoms with Gasteiger partial charge in [-0.15, -0.1) is 0 Å². The highest BCUT2D eigenvalue weighted by molar-refractivity contribution is 5.77. The number of unbranched alkanes of at least 4 members (excludes halogenated alkanes) is 2. The van der Waals surface area contributed by atoms with E-state index in [-0.39, 0.29) is 0 Å². The minimum atomic E-state index is 0.566. The molecule has 0 fully saturated rings. The third kappa shape index (κ3) is 3.92. The molecule has 0 aliphatic carbocycles. The highest BCUT2D eigenvalue weighted by atomic mass is 16.1. The molecule has 0 aliphatic rings. The summed E-state index contributed by atoms with van der Waals surface area (Å²) >= 11 is 0. The summed E-state index contributed by atoms with van der Waals surface area (Å²) in [7, 11) is 0. The summed E-state index contributed by atoms with van der Waals surface area (Å²) in [6.07, 6.45) is 7.36. The summed E-state index contributed by atoms with van der Waals surface area (Å²) in [6.45, 7) is 3.16. The van der Waals surface area contributed by atoms with Gasteiger partial charge in [0.15, 0.2) is 0 Å². The summed E-state index contributed by atoms with van der Waals surface area (Å²) in [5.41, 5.74) is 2.66. The number of nitrogens with one attached hydrogen (secondary N) is 1. The SMILES string of the molecule is CCCCCNc1ccc(-c2ccc([C]=O)cc2)cn1. The Morgan fingerprint density at radius 3 is 2.40 bits per heavy atom. The van der Waals surface area contributed by atoms with E-state index >= 15 is 0 Å². The number of nitrogens with zero attached hydrogens (tertiary/aromatic N) is 1. The number of carbonyl (C=O) groups excluding carboxylic acids is 1. The minimum Gasteiger partial charge on any atom is -0.370 e. The van der Waals surface area contributed by atoms with Crippen LogP contribution in [0.4, 0.5) is 5.82 Å². The molecule has 2 aromatic rings. The molecule has 20 heavy (non-hydrogen) atoms. The third-order valence-electron chi connectivity index (χ3n) is 3.19. The Labute approximate surface area is 120 Å². The number of rotatable bonds is 7. The molecule has 0 bridgehead atoms. The largest absolute Gasteiger partial charge is 0.370 e. The lowest BCUT2D eigenvalue weighted by Gasteiger charge is -2.06. The summed E-state index contributed by atoms with van der Waals surface area (Å²) in [5, 5.41) is 3.31. The smallest absolute Gasteiger partial charge is 0.233 e. The van der Waals surface area contributed by atoms with E-state index in [2.05, 4.69) is 17.2 Å². The van der Waals surface area contributed by atoms with Gasteiger partial charge in [0.05, 0.1) is 0 Å². The second kappa shape index (κ2) is 7.43. The van der Waals surface area contributed by atoms with E-state index in [9.17, 15) is 4.79 Å². The minimum absolute atomic E-state index is 0.566. The van der Waals surface area contributed by atoms with Crippen molar-refractivity contribution in [2.75, 3.05) is 11.9 Å². The van der Waals surface area contributed by atoms with Crippen LogP contribution in [0.25, 0.3) is 11.1 Å². The zero-order chi connectivity index (χ0) is 14.2. The number of benzene rings is 1. The molecule has 0 aliphatic heterocycles. The average molecular weight is 267 g/mol. The van der Waals surface area contributed by atoms with Crippen molar-refractivity contribution in [3.05, 3.63) is 48.2 Å². The summed E-state index contributed by atoms with van der Waals surface area (Å²) < 4.78 is 0. The van der Waals surface area contributed by atoms with Crippen LogP contribution in [0, 0.1) is 0 Å². The molecular weight excluding hydrogens is 248 g/mol. The highest BCUT2D eigenvalue weighted by Gasteiger charge is 2.00. The van der Waals surface area contributed by atoms with Crippen molar-refractivity contribution in [3.8, 4) is 11.1 Å². The topological polar surface area (TPSA) is 42.0 Å². The first-order valence-electron chi connectivity index (χ1n) is 7.02. The first kappa shape index (κ1) is 14.3. The van der Waals surface area contributed by atoms with Gasteiger partial charge in [-0.1, -0.05) is 44.0 Å². The first-order chi connectivity index (χ1) is 9.83. The van der Waals surface area contributed by atoms with E-state index < -0.39 is 0 Å². The third-order valence-corrected chi connectivity index (χ3v) is 3.19. The van der Waals surface area contributed by atoms with E-state index in [4.69, 9.17) is 0 Å². The van der Waals surface area contributed by atoms with Crippen LogP contribution in [0.2, 0.25) is 0 Å². The van der Waals surface area contributed by atoms with Crippen molar-refractivity contribution in [1.29, 1.82) is 0 Å². The molecule has 3 heteroatoms. The van der Waals surface area contributed by atoms with E-state index in [1.54, 1.807) is 12.1 Å². The van der Waals surface area contributed by atoms with Crippen molar-refractivity contribution < 1.29 is 4.79 Å². The van der Waals surface area contributed by atoms with E-state index in [0.29, 0.717) is 5.56 Å². The van der Waals surface area contributed by atoms with Crippen LogP contribution in [0.3, 0.4) is 0 Å². The van der Waals surface area contributed by atoms with Crippen molar-refractivity contribution in [1.82, 2.24) is 4.98 Å². The van der Waals surface area contributed by atoms with E-state index in [0.717, 1.165) is 23.5 Å². The maximum Gasteiger partial charge on any atom is 0.233 e. The molecule has 1 heterocycles. The van der Waals surface area contributed by atoms with Gasteiger partial charge in [-0.2, -0.15) is 0 Å². The Kier molecular flexibility index (Phi) is 5.30. The van der Waals surface area contributed by atoms with Crippen molar-refractivity contribution >= 4 is 12.1 Å². The lowest BCUT2D eigenvalue weighted by Crippen LogP contribution is -2.02. The normalized spacial score (nSPS) is 10.2. The van der Waals surface area contributed by atoms with Crippen LogP contribution in [0.15, 0.2) is 42.6 Å². The number of pyridine rings is 1. The van der Waals surface area contributed by atoms with Gasteiger partial charge in [0.1, 0.15) is 5.82 Å². The molecule has 0 saturated heterocycles. The van der Waals surface area contributed by atoms with Crippen LogP contribution < -0.4 is 5.32 Å². The molecule has 0 spiro atoms. The molecule has 1 aromatic heterocycles. The molecule has 3 nitrogen and oxygen atoms in total. The van der Waals surface area contributed by atoms with Gasteiger partial charge in [0, 0.05) is 23.9 Å². The Balaban J connectivity index is 1.98. The fraction of sp³-hybridized carbons (Fsp3) is 0.294. The molecule has 1 radical (unpaired) electrons. The second-order valence-electron chi connectivity index (χ2n) is 4.75. The molecule has 103 valence electrons. The zero-order valence-electron chi connectivity index (χ0n) is 11.7. The van der Waals surface area contributed by atoms with Crippen LogP contribution in [0.1, 0.15) is 31.7 Å². The Bertz CT molecular complexity index is 532.